The molecule has 8 nitrogen and oxygen atoms in total. The average molecular weight is 434 g/mol. The monoisotopic (exact) mass is 433 g/mol. The van der Waals surface area contributed by atoms with Gasteiger partial charge in [0.1, 0.15) is 6.04 Å². The summed E-state index contributed by atoms with van der Waals surface area (Å²) in [6.07, 6.45) is -0.824. The topological polar surface area (TPSA) is 122 Å². The zero-order chi connectivity index (χ0) is 23.6. The van der Waals surface area contributed by atoms with Crippen LogP contribution in [0.4, 0.5) is 4.79 Å². The lowest BCUT2D eigenvalue weighted by Crippen LogP contribution is -2.58. The predicted octanol–water partition coefficient (Wildman–Crippen LogP) is 3.94. The number of nitrogens with two attached hydrogens (primary N) is 1. The molecular weight excluding hydrogens is 386 g/mol. The number of fused-ring (bicyclic) bond motifs is 1. The fraction of sp³-hybridized carbons (Fsp3) is 0.864. The summed E-state index contributed by atoms with van der Waals surface area (Å²) in [6, 6.07) is -0.641. The largest absolute Gasteiger partial charge is 0.483 e. The summed E-state index contributed by atoms with van der Waals surface area (Å²) in [5, 5.41) is 9.59. The average Bonchev–Trinajstić information content (AvgIpc) is 2.98. The zero-order valence-corrected chi connectivity index (χ0v) is 19.9. The van der Waals surface area contributed by atoms with E-state index >= 15 is 0 Å². The summed E-state index contributed by atoms with van der Waals surface area (Å²) in [4.78, 5) is 34.7. The fourth-order valence-electron chi connectivity index (χ4n) is 3.68. The molecule has 0 radical (unpaired) electrons. The molecular formula is C22H47N3O5. The Hall–Kier alpha value is -1.83. The lowest BCUT2D eigenvalue weighted by Gasteiger charge is -2.36. The molecule has 0 unspecified atom stereocenters. The second kappa shape index (κ2) is 14.2. The lowest BCUT2D eigenvalue weighted by molar-refractivity contribution is -0.138. The normalized spacial score (nSPS) is 23.2. The van der Waals surface area contributed by atoms with Crippen molar-refractivity contribution in [3.05, 3.63) is 0 Å². The zero-order valence-electron chi connectivity index (χ0n) is 19.9. The van der Waals surface area contributed by atoms with E-state index < -0.39 is 17.6 Å². The summed E-state index contributed by atoms with van der Waals surface area (Å²) < 4.78 is 4.92. The minimum atomic E-state index is -0.641. The summed E-state index contributed by atoms with van der Waals surface area (Å²) in [5.41, 5.74) is 6.09. The van der Waals surface area contributed by atoms with Crippen molar-refractivity contribution in [3.8, 4) is 0 Å². The van der Waals surface area contributed by atoms with Gasteiger partial charge in [-0.1, -0.05) is 69.7 Å². The molecule has 30 heavy (non-hydrogen) atoms. The van der Waals surface area contributed by atoms with Gasteiger partial charge < -0.3 is 25.8 Å². The molecule has 2 rings (SSSR count). The minimum Gasteiger partial charge on any atom is -0.483 e. The molecule has 0 bridgehead atoms. The van der Waals surface area contributed by atoms with Gasteiger partial charge in [0.25, 0.3) is 6.47 Å². The van der Waals surface area contributed by atoms with Crippen LogP contribution in [0, 0.1) is 22.7 Å². The number of carboxylic acid groups (broad SMARTS) is 1. The Morgan fingerprint density at radius 2 is 1.70 bits per heavy atom. The van der Waals surface area contributed by atoms with Crippen molar-refractivity contribution in [2.24, 2.45) is 28.4 Å². The maximum atomic E-state index is 12.9. The van der Waals surface area contributed by atoms with E-state index in [0.717, 1.165) is 0 Å². The fourth-order valence-corrected chi connectivity index (χ4v) is 3.68. The molecule has 1 aliphatic carbocycles. The number of carbonyl (C=O) groups excluding carboxylic acids is 2. The lowest BCUT2D eigenvalue weighted by atomic mass is 9.85. The number of alkyl carbamates (subject to hydrolysis) is 1. The van der Waals surface area contributed by atoms with Crippen molar-refractivity contribution < 1.29 is 24.2 Å². The van der Waals surface area contributed by atoms with E-state index in [1.165, 1.54) is 0 Å². The first-order chi connectivity index (χ1) is 13.4. The smallest absolute Gasteiger partial charge is 0.407 e. The summed E-state index contributed by atoms with van der Waals surface area (Å²) in [6.45, 7) is 20.6. The van der Waals surface area contributed by atoms with Crippen molar-refractivity contribution in [3.63, 3.8) is 0 Å². The maximum absolute atomic E-state index is 12.9. The van der Waals surface area contributed by atoms with Crippen LogP contribution in [0.2, 0.25) is 0 Å². The molecule has 0 aromatic rings. The van der Waals surface area contributed by atoms with E-state index in [1.54, 1.807) is 11.8 Å². The van der Waals surface area contributed by atoms with Gasteiger partial charge in [-0.15, -0.1) is 0 Å². The van der Waals surface area contributed by atoms with Crippen LogP contribution in [-0.2, 0) is 14.3 Å². The SMILES string of the molecule is C.CC.CC.CCOC(=O)N[C@H](C(=O)N1C[C@H]2[C@@H]([C@H]1N)C2(C)C)C(C)(C)C.O=CO. The van der Waals surface area contributed by atoms with Gasteiger partial charge in [0.15, 0.2) is 0 Å². The molecule has 2 aliphatic rings. The first-order valence-corrected chi connectivity index (χ1v) is 10.5. The van der Waals surface area contributed by atoms with Gasteiger partial charge in [0, 0.05) is 12.5 Å². The molecule has 8 heteroatoms. The number of nitrogens with one attached hydrogen (secondary N) is 1. The molecule has 1 aliphatic heterocycles. The van der Waals surface area contributed by atoms with Crippen LogP contribution in [0.15, 0.2) is 0 Å². The Bertz CT molecular complexity index is 517. The van der Waals surface area contributed by atoms with Crippen LogP contribution in [0.5, 0.6) is 0 Å². The van der Waals surface area contributed by atoms with Crippen LogP contribution in [0.25, 0.3) is 0 Å². The van der Waals surface area contributed by atoms with E-state index in [4.69, 9.17) is 20.4 Å². The second-order valence-corrected chi connectivity index (χ2v) is 8.20. The number of ether oxygens (including phenoxy) is 1. The van der Waals surface area contributed by atoms with Gasteiger partial charge >= 0.3 is 6.09 Å². The second-order valence-electron chi connectivity index (χ2n) is 8.20. The number of likely N-dealkylation sites (tertiary alicyclic amines) is 1. The summed E-state index contributed by atoms with van der Waals surface area (Å²) >= 11 is 0. The molecule has 0 spiro atoms. The first-order valence-electron chi connectivity index (χ1n) is 10.5. The number of nitrogens with zero attached hydrogens (tertiary/aromatic N) is 1. The molecule has 4 atom stereocenters. The third kappa shape index (κ3) is 8.13. The molecule has 2 amide bonds. The molecule has 180 valence electrons. The number of rotatable bonds is 3. The molecule has 0 aromatic heterocycles. The number of carbonyl (C=O) groups is 3. The number of hydrogen-bond donors (Lipinski definition) is 3. The third-order valence-electron chi connectivity index (χ3n) is 5.19. The highest BCUT2D eigenvalue weighted by Gasteiger charge is 2.67. The van der Waals surface area contributed by atoms with Gasteiger partial charge in [0.2, 0.25) is 5.91 Å². The predicted molar refractivity (Wildman–Crippen MR) is 122 cm³/mol. The van der Waals surface area contributed by atoms with E-state index in [0.29, 0.717) is 18.4 Å². The summed E-state index contributed by atoms with van der Waals surface area (Å²) in [5.74, 6) is 0.713. The highest BCUT2D eigenvalue weighted by atomic mass is 16.5. The first kappa shape index (κ1) is 32.8. The van der Waals surface area contributed by atoms with E-state index in [1.807, 2.05) is 48.5 Å². The number of hydrogen-bond acceptors (Lipinski definition) is 5. The Morgan fingerprint density at radius 3 is 2.00 bits per heavy atom. The quantitative estimate of drug-likeness (QED) is 0.580. The number of piperidine rings is 1. The van der Waals surface area contributed by atoms with Crippen LogP contribution in [0.3, 0.4) is 0 Å². The van der Waals surface area contributed by atoms with Gasteiger partial charge in [-0.3, -0.25) is 9.59 Å². The van der Waals surface area contributed by atoms with E-state index in [2.05, 4.69) is 19.2 Å². The van der Waals surface area contributed by atoms with Crippen molar-refractivity contribution in [2.45, 2.75) is 88.9 Å². The van der Waals surface area contributed by atoms with Gasteiger partial charge in [0.05, 0.1) is 12.8 Å². The Morgan fingerprint density at radius 1 is 1.27 bits per heavy atom. The standard InChI is InChI=1S/C16H29N3O3.2C2H6.CH2O2.CH4/c1-7-22-14(21)18-11(15(2,3)4)13(20)19-8-9-10(12(19)17)16(9,5)6;2*1-2;2-1-3;/h9-12H,7-8,17H2,1-6H3,(H,18,21);2*1-2H3;1H,(H,2,3);1H4/t9-,10-,11+,12-;;;;/m0..../s1. The van der Waals surface area contributed by atoms with Crippen LogP contribution < -0.4 is 11.1 Å². The van der Waals surface area contributed by atoms with Crippen LogP contribution in [-0.4, -0.2) is 53.8 Å². The minimum absolute atomic E-state index is 0. The van der Waals surface area contributed by atoms with Gasteiger partial charge in [-0.2, -0.15) is 0 Å². The van der Waals surface area contributed by atoms with E-state index in [9.17, 15) is 9.59 Å². The van der Waals surface area contributed by atoms with Gasteiger partial charge in [-0.25, -0.2) is 4.79 Å². The highest BCUT2D eigenvalue weighted by Crippen LogP contribution is 2.63. The molecule has 1 saturated carbocycles. The third-order valence-corrected chi connectivity index (χ3v) is 5.19. The van der Waals surface area contributed by atoms with Crippen molar-refractivity contribution in [1.29, 1.82) is 0 Å². The molecule has 0 aromatic carbocycles. The number of amides is 2. The molecule has 1 heterocycles. The van der Waals surface area contributed by atoms with Crippen molar-refractivity contribution in [1.82, 2.24) is 10.2 Å². The molecule has 1 saturated heterocycles. The highest BCUT2D eigenvalue weighted by molar-refractivity contribution is 5.87. The Kier molecular flexibility index (Phi) is 15.6. The summed E-state index contributed by atoms with van der Waals surface area (Å²) in [7, 11) is 0. The van der Waals surface area contributed by atoms with Gasteiger partial charge in [-0.05, 0) is 23.7 Å². The Balaban J connectivity index is -0.000000816. The van der Waals surface area contributed by atoms with Crippen LogP contribution in [0.1, 0.15) is 76.7 Å². The molecule has 2 fully saturated rings. The Labute approximate surface area is 183 Å². The van der Waals surface area contributed by atoms with Crippen molar-refractivity contribution >= 4 is 18.5 Å². The maximum Gasteiger partial charge on any atom is 0.407 e. The van der Waals surface area contributed by atoms with Crippen molar-refractivity contribution in [2.75, 3.05) is 13.2 Å². The van der Waals surface area contributed by atoms with E-state index in [-0.39, 0.29) is 38.0 Å². The molecule has 4 N–H and O–H groups in total. The van der Waals surface area contributed by atoms with Crippen LogP contribution >= 0.6 is 0 Å².